The Balaban J connectivity index is 1.41. The van der Waals surface area contributed by atoms with Crippen molar-refractivity contribution in [3.8, 4) is 22.5 Å². The molecule has 0 atom stereocenters. The molecule has 0 amide bonds. The molecule has 142 valence electrons. The Morgan fingerprint density at radius 1 is 0.931 bits per heavy atom. The number of rotatable bonds is 5. The van der Waals surface area contributed by atoms with Crippen molar-refractivity contribution in [3.05, 3.63) is 83.1 Å². The molecule has 0 aliphatic heterocycles. The predicted octanol–water partition coefficient (Wildman–Crippen LogP) is 4.26. The van der Waals surface area contributed by atoms with E-state index in [-0.39, 0.29) is 5.56 Å². The van der Waals surface area contributed by atoms with Crippen LogP contribution in [0.25, 0.3) is 33.5 Å². The fraction of sp³-hybridized carbons (Fsp3) is 0.0476. The number of aromatic nitrogens is 5. The molecule has 3 aromatic heterocycles. The standard InChI is InChI=1S/C21H15N5O2S/c27-20-18-17(15(11-22-18)13-7-3-1-4-8-13)24-21(25-20)29-12-16-23-19(26-28-16)14-9-5-2-6-10-14/h1-11,22H,12H2,(H,24,25,27). The van der Waals surface area contributed by atoms with Crippen molar-refractivity contribution in [3.63, 3.8) is 0 Å². The summed E-state index contributed by atoms with van der Waals surface area (Å²) in [5.74, 6) is 1.41. The van der Waals surface area contributed by atoms with Gasteiger partial charge in [-0.25, -0.2) is 4.98 Å². The number of fused-ring (bicyclic) bond motifs is 1. The van der Waals surface area contributed by atoms with Crippen molar-refractivity contribution in [1.82, 2.24) is 25.1 Å². The summed E-state index contributed by atoms with van der Waals surface area (Å²) in [4.78, 5) is 27.3. The molecule has 0 aliphatic rings. The smallest absolute Gasteiger partial charge is 0.275 e. The molecule has 0 saturated carbocycles. The highest BCUT2D eigenvalue weighted by Crippen LogP contribution is 2.27. The molecule has 2 N–H and O–H groups in total. The van der Waals surface area contributed by atoms with Crippen molar-refractivity contribution in [2.45, 2.75) is 10.9 Å². The normalized spacial score (nSPS) is 11.2. The highest BCUT2D eigenvalue weighted by molar-refractivity contribution is 7.98. The van der Waals surface area contributed by atoms with Crippen LogP contribution in [0.5, 0.6) is 0 Å². The molecule has 0 spiro atoms. The first-order chi connectivity index (χ1) is 14.3. The number of benzene rings is 2. The summed E-state index contributed by atoms with van der Waals surface area (Å²) in [5, 5.41) is 4.51. The molecule has 29 heavy (non-hydrogen) atoms. The van der Waals surface area contributed by atoms with Gasteiger partial charge in [0.25, 0.3) is 5.56 Å². The highest BCUT2D eigenvalue weighted by Gasteiger charge is 2.14. The third-order valence-corrected chi connectivity index (χ3v) is 5.29. The van der Waals surface area contributed by atoms with Crippen LogP contribution in [0.3, 0.4) is 0 Å². The van der Waals surface area contributed by atoms with Gasteiger partial charge in [-0.1, -0.05) is 77.6 Å². The van der Waals surface area contributed by atoms with Gasteiger partial charge >= 0.3 is 0 Å². The van der Waals surface area contributed by atoms with E-state index in [0.717, 1.165) is 16.7 Å². The topological polar surface area (TPSA) is 100 Å². The van der Waals surface area contributed by atoms with Gasteiger partial charge in [0.15, 0.2) is 5.16 Å². The maximum atomic E-state index is 12.5. The van der Waals surface area contributed by atoms with Gasteiger partial charge in [-0.3, -0.25) is 9.78 Å². The molecule has 5 rings (SSSR count). The van der Waals surface area contributed by atoms with Crippen LogP contribution in [0.15, 0.2) is 81.3 Å². The molecule has 0 aliphatic carbocycles. The van der Waals surface area contributed by atoms with Crippen molar-refractivity contribution >= 4 is 22.8 Å². The van der Waals surface area contributed by atoms with Crippen LogP contribution in [0.2, 0.25) is 0 Å². The average molecular weight is 401 g/mol. The van der Waals surface area contributed by atoms with Crippen LogP contribution >= 0.6 is 11.8 Å². The van der Waals surface area contributed by atoms with Gasteiger partial charge in [0.1, 0.15) is 11.0 Å². The molecule has 7 nitrogen and oxygen atoms in total. The predicted molar refractivity (Wildman–Crippen MR) is 111 cm³/mol. The second-order valence-corrected chi connectivity index (χ2v) is 7.29. The van der Waals surface area contributed by atoms with E-state index in [9.17, 15) is 4.79 Å². The van der Waals surface area contributed by atoms with Crippen molar-refractivity contribution in [1.29, 1.82) is 0 Å². The molecule has 5 aromatic rings. The van der Waals surface area contributed by atoms with Crippen molar-refractivity contribution < 1.29 is 4.52 Å². The molecule has 0 fully saturated rings. The summed E-state index contributed by atoms with van der Waals surface area (Å²) in [7, 11) is 0. The molecule has 8 heteroatoms. The number of thioether (sulfide) groups is 1. The molecule has 0 bridgehead atoms. The Kier molecular flexibility index (Phi) is 4.45. The number of hydrogen-bond acceptors (Lipinski definition) is 6. The van der Waals surface area contributed by atoms with Crippen LogP contribution in [-0.2, 0) is 5.75 Å². The molecular weight excluding hydrogens is 386 g/mol. The fourth-order valence-corrected chi connectivity index (χ4v) is 3.75. The van der Waals surface area contributed by atoms with Crippen LogP contribution in [0.1, 0.15) is 5.89 Å². The van der Waals surface area contributed by atoms with E-state index in [1.54, 1.807) is 6.20 Å². The van der Waals surface area contributed by atoms with E-state index in [1.165, 1.54) is 11.8 Å². The zero-order valence-corrected chi connectivity index (χ0v) is 15.9. The van der Waals surface area contributed by atoms with Crippen LogP contribution in [0, 0.1) is 0 Å². The number of nitrogens with zero attached hydrogens (tertiary/aromatic N) is 3. The Morgan fingerprint density at radius 2 is 1.66 bits per heavy atom. The van der Waals surface area contributed by atoms with Gasteiger partial charge < -0.3 is 9.51 Å². The lowest BCUT2D eigenvalue weighted by atomic mass is 10.1. The van der Waals surface area contributed by atoms with Crippen LogP contribution in [-0.4, -0.2) is 25.1 Å². The highest BCUT2D eigenvalue weighted by atomic mass is 32.2. The van der Waals surface area contributed by atoms with Gasteiger partial charge in [0.05, 0.1) is 5.75 Å². The zero-order valence-electron chi connectivity index (χ0n) is 15.1. The second-order valence-electron chi connectivity index (χ2n) is 6.33. The third-order valence-electron chi connectivity index (χ3n) is 4.43. The minimum absolute atomic E-state index is 0.213. The Bertz CT molecular complexity index is 1330. The number of nitrogens with one attached hydrogen (secondary N) is 2. The van der Waals surface area contributed by atoms with E-state index in [4.69, 9.17) is 4.52 Å². The Labute approximate surface area is 169 Å². The molecule has 2 aromatic carbocycles. The molecule has 0 radical (unpaired) electrons. The van der Waals surface area contributed by atoms with E-state index in [0.29, 0.717) is 33.7 Å². The monoisotopic (exact) mass is 401 g/mol. The molecule has 0 unspecified atom stereocenters. The Hall–Kier alpha value is -3.65. The largest absolute Gasteiger partial charge is 0.355 e. The minimum Gasteiger partial charge on any atom is -0.355 e. The fourth-order valence-electron chi connectivity index (χ4n) is 3.05. The minimum atomic E-state index is -0.213. The van der Waals surface area contributed by atoms with Gasteiger partial charge in [0, 0.05) is 17.3 Å². The molecule has 0 saturated heterocycles. The van der Waals surface area contributed by atoms with E-state index < -0.39 is 0 Å². The lowest BCUT2D eigenvalue weighted by Crippen LogP contribution is -2.09. The third kappa shape index (κ3) is 3.45. The lowest BCUT2D eigenvalue weighted by molar-refractivity contribution is 0.391. The van der Waals surface area contributed by atoms with Gasteiger partial charge in [-0.15, -0.1) is 0 Å². The summed E-state index contributed by atoms with van der Waals surface area (Å²) in [5.41, 5.74) is 3.65. The number of H-pyrrole nitrogens is 2. The van der Waals surface area contributed by atoms with Crippen molar-refractivity contribution in [2.24, 2.45) is 0 Å². The van der Waals surface area contributed by atoms with Crippen LogP contribution in [0.4, 0.5) is 0 Å². The van der Waals surface area contributed by atoms with Gasteiger partial charge in [0.2, 0.25) is 11.7 Å². The Morgan fingerprint density at radius 3 is 2.41 bits per heavy atom. The maximum Gasteiger partial charge on any atom is 0.275 e. The number of aromatic amines is 2. The summed E-state index contributed by atoms with van der Waals surface area (Å²) in [6.07, 6.45) is 1.81. The van der Waals surface area contributed by atoms with E-state index in [1.807, 2.05) is 60.7 Å². The lowest BCUT2D eigenvalue weighted by Gasteiger charge is -2.01. The zero-order chi connectivity index (χ0) is 19.6. The van der Waals surface area contributed by atoms with Crippen molar-refractivity contribution in [2.75, 3.05) is 0 Å². The summed E-state index contributed by atoms with van der Waals surface area (Å²) in [6.45, 7) is 0. The molecular formula is C21H15N5O2S. The SMILES string of the molecule is O=c1[nH]c(SCc2nc(-c3ccccc3)no2)nc2c(-c3ccccc3)c[nH]c12. The summed E-state index contributed by atoms with van der Waals surface area (Å²) < 4.78 is 5.33. The van der Waals surface area contributed by atoms with E-state index >= 15 is 0 Å². The summed E-state index contributed by atoms with van der Waals surface area (Å²) >= 11 is 1.34. The quantitative estimate of drug-likeness (QED) is 0.337. The first-order valence-corrected chi connectivity index (χ1v) is 9.94. The molecule has 3 heterocycles. The first kappa shape index (κ1) is 17.4. The average Bonchev–Trinajstić information content (AvgIpc) is 3.41. The number of hydrogen-bond donors (Lipinski definition) is 2. The van der Waals surface area contributed by atoms with E-state index in [2.05, 4.69) is 25.1 Å². The van der Waals surface area contributed by atoms with Gasteiger partial charge in [-0.2, -0.15) is 4.98 Å². The maximum absolute atomic E-state index is 12.5. The van der Waals surface area contributed by atoms with Gasteiger partial charge in [-0.05, 0) is 5.56 Å². The van der Waals surface area contributed by atoms with Crippen LogP contribution < -0.4 is 5.56 Å². The second kappa shape index (κ2) is 7.40. The first-order valence-electron chi connectivity index (χ1n) is 8.95. The summed E-state index contributed by atoms with van der Waals surface area (Å²) in [6, 6.07) is 19.5.